The van der Waals surface area contributed by atoms with Crippen LogP contribution in [0.15, 0.2) is 4.99 Å². The highest BCUT2D eigenvalue weighted by molar-refractivity contribution is 7.99. The lowest BCUT2D eigenvalue weighted by Gasteiger charge is -2.55. The maximum atomic E-state index is 6.26. The number of hydrogen-bond donors (Lipinski definition) is 1. The largest absolute Gasteiger partial charge is 0.381 e. The van der Waals surface area contributed by atoms with E-state index in [0.29, 0.717) is 12.1 Å². The molecule has 0 aromatic rings. The Morgan fingerprint density at radius 1 is 1.38 bits per heavy atom. The quantitative estimate of drug-likeness (QED) is 0.629. The van der Waals surface area contributed by atoms with Gasteiger partial charge in [-0.2, -0.15) is 11.8 Å². The summed E-state index contributed by atoms with van der Waals surface area (Å²) >= 11 is 1.99. The van der Waals surface area contributed by atoms with Crippen LogP contribution < -0.4 is 5.73 Å². The number of nitrogens with two attached hydrogens (primary N) is 1. The normalized spacial score (nSPS) is 33.0. The topological polar surface area (TPSA) is 60.1 Å². The molecule has 0 bridgehead atoms. The van der Waals surface area contributed by atoms with Crippen LogP contribution in [0.4, 0.5) is 0 Å². The fraction of sp³-hybridized carbons (Fsp3) is 0.933. The molecule has 2 aliphatic heterocycles. The molecular formula is C15H27N3O2S. The Labute approximate surface area is 131 Å². The van der Waals surface area contributed by atoms with Crippen LogP contribution in [0.2, 0.25) is 0 Å². The molecule has 3 rings (SSSR count). The van der Waals surface area contributed by atoms with Crippen LogP contribution in [0.25, 0.3) is 0 Å². The lowest BCUT2D eigenvalue weighted by Crippen LogP contribution is -2.60. The summed E-state index contributed by atoms with van der Waals surface area (Å²) in [6, 6.07) is 0.313. The Balaban J connectivity index is 1.69. The fourth-order valence-electron chi connectivity index (χ4n) is 3.78. The highest BCUT2D eigenvalue weighted by atomic mass is 32.2. The molecule has 0 aromatic carbocycles. The lowest BCUT2D eigenvalue weighted by molar-refractivity contribution is -0.163. The van der Waals surface area contributed by atoms with E-state index in [-0.39, 0.29) is 5.41 Å². The minimum Gasteiger partial charge on any atom is -0.381 e. The number of nitrogens with zero attached hydrogens (tertiary/aromatic N) is 2. The van der Waals surface area contributed by atoms with Gasteiger partial charge in [-0.1, -0.05) is 0 Å². The van der Waals surface area contributed by atoms with Gasteiger partial charge in [0, 0.05) is 49.8 Å². The minimum absolute atomic E-state index is 0.170. The van der Waals surface area contributed by atoms with E-state index in [2.05, 4.69) is 11.8 Å². The second-order valence-electron chi connectivity index (χ2n) is 6.13. The Bertz CT molecular complexity index is 379. The Hall–Kier alpha value is -0.460. The number of hydrogen-bond acceptors (Lipinski definition) is 4. The molecule has 2 heterocycles. The predicted octanol–water partition coefficient (Wildman–Crippen LogP) is 1.32. The van der Waals surface area contributed by atoms with Crippen molar-refractivity contribution in [2.24, 2.45) is 16.1 Å². The molecule has 0 radical (unpaired) electrons. The minimum atomic E-state index is 0.170. The first-order chi connectivity index (χ1) is 10.3. The second-order valence-corrected chi connectivity index (χ2v) is 7.35. The first-order valence-electron chi connectivity index (χ1n) is 8.11. The molecule has 1 spiro atoms. The number of guanidine groups is 1. The van der Waals surface area contributed by atoms with E-state index in [0.717, 1.165) is 69.6 Å². The molecule has 3 fully saturated rings. The summed E-state index contributed by atoms with van der Waals surface area (Å²) in [6.45, 7) is 6.56. The first kappa shape index (κ1) is 15.4. The summed E-state index contributed by atoms with van der Waals surface area (Å²) in [4.78, 5) is 7.12. The molecule has 5 nitrogen and oxygen atoms in total. The van der Waals surface area contributed by atoms with Gasteiger partial charge in [0.1, 0.15) is 0 Å². The summed E-state index contributed by atoms with van der Waals surface area (Å²) in [6.07, 6.45) is 3.45. The molecule has 6 heteroatoms. The van der Waals surface area contributed by atoms with Crippen molar-refractivity contribution in [1.29, 1.82) is 0 Å². The van der Waals surface area contributed by atoms with Gasteiger partial charge < -0.3 is 20.1 Å². The monoisotopic (exact) mass is 313 g/mol. The molecule has 0 amide bonds. The van der Waals surface area contributed by atoms with Crippen LogP contribution in [-0.2, 0) is 9.47 Å². The van der Waals surface area contributed by atoms with E-state index in [4.69, 9.17) is 20.2 Å². The molecule has 2 saturated heterocycles. The summed E-state index contributed by atoms with van der Waals surface area (Å²) in [5.74, 6) is 3.05. The van der Waals surface area contributed by atoms with E-state index >= 15 is 0 Å². The van der Waals surface area contributed by atoms with Crippen molar-refractivity contribution in [2.75, 3.05) is 44.4 Å². The van der Waals surface area contributed by atoms with Crippen molar-refractivity contribution in [1.82, 2.24) is 4.90 Å². The van der Waals surface area contributed by atoms with E-state index in [1.807, 2.05) is 11.8 Å². The van der Waals surface area contributed by atoms with E-state index < -0.39 is 0 Å². The van der Waals surface area contributed by atoms with Gasteiger partial charge in [-0.15, -0.1) is 0 Å². The van der Waals surface area contributed by atoms with Crippen molar-refractivity contribution in [2.45, 2.75) is 38.3 Å². The summed E-state index contributed by atoms with van der Waals surface area (Å²) in [5, 5.41) is 0. The predicted molar refractivity (Wildman–Crippen MR) is 86.8 cm³/mol. The molecular weight excluding hydrogens is 286 g/mol. The molecule has 1 aliphatic carbocycles. The number of rotatable bonds is 3. The van der Waals surface area contributed by atoms with Gasteiger partial charge in [-0.25, -0.2) is 4.99 Å². The van der Waals surface area contributed by atoms with E-state index in [1.54, 1.807) is 0 Å². The SMILES string of the molecule is CCOC1CC(N=C(N)N2CCSCC2)C12CCOCC2. The molecule has 0 aromatic heterocycles. The van der Waals surface area contributed by atoms with Crippen LogP contribution in [0.1, 0.15) is 26.2 Å². The average Bonchev–Trinajstić information content (AvgIpc) is 2.55. The standard InChI is InChI=1S/C15H27N3O2S/c1-2-20-13-11-12(15(13)3-7-19-8-4-15)17-14(16)18-5-9-21-10-6-18/h12-13H,2-11H2,1H3,(H2,16,17). The molecule has 120 valence electrons. The van der Waals surface area contributed by atoms with Crippen molar-refractivity contribution < 1.29 is 9.47 Å². The lowest BCUT2D eigenvalue weighted by atomic mass is 9.58. The van der Waals surface area contributed by atoms with Crippen LogP contribution in [0, 0.1) is 5.41 Å². The van der Waals surface area contributed by atoms with Crippen molar-refractivity contribution >= 4 is 17.7 Å². The molecule has 2 N–H and O–H groups in total. The molecule has 21 heavy (non-hydrogen) atoms. The smallest absolute Gasteiger partial charge is 0.191 e. The molecule has 2 atom stereocenters. The van der Waals surface area contributed by atoms with Gasteiger partial charge in [0.05, 0.1) is 12.1 Å². The third-order valence-electron chi connectivity index (χ3n) is 5.16. The Kier molecular flexibility index (Phi) is 4.96. The molecule has 3 aliphatic rings. The van der Waals surface area contributed by atoms with E-state index in [9.17, 15) is 0 Å². The van der Waals surface area contributed by atoms with Crippen molar-refractivity contribution in [3.05, 3.63) is 0 Å². The van der Waals surface area contributed by atoms with Gasteiger partial charge in [0.15, 0.2) is 5.96 Å². The van der Waals surface area contributed by atoms with Gasteiger partial charge >= 0.3 is 0 Å². The fourth-order valence-corrected chi connectivity index (χ4v) is 4.69. The van der Waals surface area contributed by atoms with Gasteiger partial charge in [-0.3, -0.25) is 0 Å². The highest BCUT2D eigenvalue weighted by Crippen LogP contribution is 2.52. The Morgan fingerprint density at radius 3 is 2.76 bits per heavy atom. The maximum absolute atomic E-state index is 6.26. The van der Waals surface area contributed by atoms with Gasteiger partial charge in [0.2, 0.25) is 0 Å². The number of ether oxygens (including phenoxy) is 2. The number of thioether (sulfide) groups is 1. The molecule has 1 saturated carbocycles. The third-order valence-corrected chi connectivity index (χ3v) is 6.10. The van der Waals surface area contributed by atoms with Crippen LogP contribution in [-0.4, -0.2) is 67.4 Å². The summed E-state index contributed by atoms with van der Waals surface area (Å²) in [7, 11) is 0. The zero-order valence-corrected chi connectivity index (χ0v) is 13.7. The molecule has 2 unspecified atom stereocenters. The first-order valence-corrected chi connectivity index (χ1v) is 9.27. The van der Waals surface area contributed by atoms with Gasteiger partial charge in [-0.05, 0) is 26.2 Å². The van der Waals surface area contributed by atoms with Gasteiger partial charge in [0.25, 0.3) is 0 Å². The average molecular weight is 313 g/mol. The summed E-state index contributed by atoms with van der Waals surface area (Å²) < 4.78 is 11.5. The third kappa shape index (κ3) is 3.03. The van der Waals surface area contributed by atoms with Crippen LogP contribution >= 0.6 is 11.8 Å². The van der Waals surface area contributed by atoms with E-state index in [1.165, 1.54) is 0 Å². The number of aliphatic imine (C=N–C) groups is 1. The van der Waals surface area contributed by atoms with Crippen LogP contribution in [0.3, 0.4) is 0 Å². The van der Waals surface area contributed by atoms with Crippen LogP contribution in [0.5, 0.6) is 0 Å². The maximum Gasteiger partial charge on any atom is 0.191 e. The zero-order valence-electron chi connectivity index (χ0n) is 12.9. The zero-order chi connectivity index (χ0) is 14.7. The highest BCUT2D eigenvalue weighted by Gasteiger charge is 2.56. The summed E-state index contributed by atoms with van der Waals surface area (Å²) in [5.41, 5.74) is 6.43. The van der Waals surface area contributed by atoms with Crippen molar-refractivity contribution in [3.63, 3.8) is 0 Å². The van der Waals surface area contributed by atoms with Crippen molar-refractivity contribution in [3.8, 4) is 0 Å². The second kappa shape index (κ2) is 6.75. The Morgan fingerprint density at radius 2 is 2.10 bits per heavy atom.